The van der Waals surface area contributed by atoms with Gasteiger partial charge in [-0.1, -0.05) is 6.92 Å². The van der Waals surface area contributed by atoms with E-state index in [1.807, 2.05) is 6.92 Å². The number of nitrogens with zero attached hydrogens (tertiary/aromatic N) is 1. The third kappa shape index (κ3) is 3.82. The topological polar surface area (TPSA) is 104 Å². The van der Waals surface area contributed by atoms with Gasteiger partial charge in [-0.3, -0.25) is 4.90 Å². The average molecular weight is 336 g/mol. The van der Waals surface area contributed by atoms with E-state index in [1.54, 1.807) is 0 Å². The number of hydrogen-bond donors (Lipinski definition) is 2. The van der Waals surface area contributed by atoms with Crippen LogP contribution in [-0.4, -0.2) is 65.1 Å². The number of carboxylic acid groups (broad SMARTS) is 1. The minimum absolute atomic E-state index is 0.0757. The van der Waals surface area contributed by atoms with Gasteiger partial charge in [0.1, 0.15) is 15.9 Å². The molecule has 2 fully saturated rings. The summed E-state index contributed by atoms with van der Waals surface area (Å²) in [6, 6.07) is -1.41. The van der Waals surface area contributed by atoms with Gasteiger partial charge >= 0.3 is 12.0 Å². The summed E-state index contributed by atoms with van der Waals surface area (Å²) < 4.78 is 22.7. The van der Waals surface area contributed by atoms with Gasteiger partial charge < -0.3 is 10.4 Å². The molecule has 21 heavy (non-hydrogen) atoms. The molecule has 120 valence electrons. The van der Waals surface area contributed by atoms with E-state index in [9.17, 15) is 23.1 Å². The van der Waals surface area contributed by atoms with Crippen LogP contribution in [0.1, 0.15) is 26.2 Å². The molecule has 0 radical (unpaired) electrons. The van der Waals surface area contributed by atoms with Crippen LogP contribution in [-0.2, 0) is 14.6 Å². The van der Waals surface area contributed by atoms with Gasteiger partial charge in [-0.2, -0.15) is 0 Å². The average Bonchev–Trinajstić information content (AvgIpc) is 2.85. The molecule has 2 rings (SSSR count). The number of sulfone groups is 1. The zero-order valence-electron chi connectivity index (χ0n) is 11.8. The van der Waals surface area contributed by atoms with Crippen LogP contribution in [0.3, 0.4) is 0 Å². The Hall–Kier alpha value is -0.960. The van der Waals surface area contributed by atoms with Gasteiger partial charge in [0.15, 0.2) is 0 Å². The third-order valence-corrected chi connectivity index (χ3v) is 7.01. The fourth-order valence-corrected chi connectivity index (χ4v) is 5.46. The number of rotatable bonds is 3. The molecule has 2 saturated heterocycles. The molecule has 0 saturated carbocycles. The summed E-state index contributed by atoms with van der Waals surface area (Å²) in [5, 5.41) is 11.9. The zero-order valence-corrected chi connectivity index (χ0v) is 13.5. The molecule has 0 spiro atoms. The Morgan fingerprint density at radius 3 is 2.48 bits per heavy atom. The van der Waals surface area contributed by atoms with Crippen molar-refractivity contribution in [3.05, 3.63) is 0 Å². The Kier molecular flexibility index (Phi) is 5.03. The first-order chi connectivity index (χ1) is 9.84. The van der Waals surface area contributed by atoms with Crippen molar-refractivity contribution in [3.8, 4) is 0 Å². The number of hydrogen-bond acceptors (Lipinski definition) is 5. The number of urea groups is 1. The van der Waals surface area contributed by atoms with Crippen molar-refractivity contribution in [2.24, 2.45) is 0 Å². The number of carbonyl (C=O) groups is 2. The predicted molar refractivity (Wildman–Crippen MR) is 80.0 cm³/mol. The fraction of sp³-hybridized carbons (Fsp3) is 0.833. The van der Waals surface area contributed by atoms with Crippen LogP contribution >= 0.6 is 11.8 Å². The Morgan fingerprint density at radius 1 is 1.33 bits per heavy atom. The minimum Gasteiger partial charge on any atom is -0.480 e. The molecule has 2 aliphatic rings. The maximum atomic E-state index is 12.3. The Bertz CT molecular complexity index is 508. The predicted octanol–water partition coefficient (Wildman–Crippen LogP) is 0.511. The van der Waals surface area contributed by atoms with Crippen LogP contribution < -0.4 is 5.32 Å². The molecule has 2 atom stereocenters. The fourth-order valence-electron chi connectivity index (χ4n) is 2.62. The molecule has 2 amide bonds. The standard InChI is InChI=1S/C12H20N2O5S2/c1-2-10-14(9(7-20-10)11(15)16)12(17)13-8-3-5-21(18,19)6-4-8/h8-10H,2-7H2,1H3,(H,13,17)(H,15,16). The molecule has 2 aliphatic heterocycles. The van der Waals surface area contributed by atoms with E-state index < -0.39 is 27.9 Å². The molecule has 0 aromatic heterocycles. The number of thioether (sulfide) groups is 1. The van der Waals surface area contributed by atoms with Crippen LogP contribution in [0.5, 0.6) is 0 Å². The summed E-state index contributed by atoms with van der Waals surface area (Å²) >= 11 is 1.47. The van der Waals surface area contributed by atoms with E-state index >= 15 is 0 Å². The highest BCUT2D eigenvalue weighted by Gasteiger charge is 2.41. The van der Waals surface area contributed by atoms with Gasteiger partial charge in [-0.25, -0.2) is 18.0 Å². The molecule has 2 unspecified atom stereocenters. The Balaban J connectivity index is 1.99. The van der Waals surface area contributed by atoms with Crippen molar-refractivity contribution in [2.45, 2.75) is 43.6 Å². The van der Waals surface area contributed by atoms with Gasteiger partial charge in [0.2, 0.25) is 0 Å². The molecule has 2 heterocycles. The molecule has 9 heteroatoms. The summed E-state index contributed by atoms with van der Waals surface area (Å²) in [6.45, 7) is 1.91. The molecule has 2 N–H and O–H groups in total. The second-order valence-corrected chi connectivity index (χ2v) is 8.85. The van der Waals surface area contributed by atoms with Gasteiger partial charge in [0.25, 0.3) is 0 Å². The van der Waals surface area contributed by atoms with E-state index in [0.29, 0.717) is 25.0 Å². The molecular weight excluding hydrogens is 316 g/mol. The van der Waals surface area contributed by atoms with Gasteiger partial charge in [0.05, 0.1) is 16.9 Å². The van der Waals surface area contributed by atoms with E-state index in [1.165, 1.54) is 16.7 Å². The van der Waals surface area contributed by atoms with Crippen molar-refractivity contribution in [2.75, 3.05) is 17.3 Å². The lowest BCUT2D eigenvalue weighted by atomic mass is 10.1. The highest BCUT2D eigenvalue weighted by molar-refractivity contribution is 8.00. The maximum absolute atomic E-state index is 12.3. The van der Waals surface area contributed by atoms with Crippen molar-refractivity contribution >= 4 is 33.6 Å². The van der Waals surface area contributed by atoms with E-state index in [4.69, 9.17) is 0 Å². The monoisotopic (exact) mass is 336 g/mol. The number of carboxylic acids is 1. The van der Waals surface area contributed by atoms with Gasteiger partial charge in [-0.05, 0) is 19.3 Å². The Morgan fingerprint density at radius 2 is 1.95 bits per heavy atom. The molecule has 0 bridgehead atoms. The molecule has 0 aromatic rings. The molecule has 0 aromatic carbocycles. The summed E-state index contributed by atoms with van der Waals surface area (Å²) in [5.74, 6) is -0.460. The molecule has 7 nitrogen and oxygen atoms in total. The van der Waals surface area contributed by atoms with Crippen molar-refractivity contribution in [1.82, 2.24) is 10.2 Å². The lowest BCUT2D eigenvalue weighted by molar-refractivity contribution is -0.141. The smallest absolute Gasteiger partial charge is 0.327 e. The first-order valence-electron chi connectivity index (χ1n) is 6.97. The molecular formula is C12H20N2O5S2. The second kappa shape index (κ2) is 6.43. The van der Waals surface area contributed by atoms with Crippen molar-refractivity contribution in [1.29, 1.82) is 0 Å². The zero-order chi connectivity index (χ0) is 15.6. The van der Waals surface area contributed by atoms with Crippen molar-refractivity contribution in [3.63, 3.8) is 0 Å². The lowest BCUT2D eigenvalue weighted by Crippen LogP contribution is -2.53. The summed E-state index contributed by atoms with van der Waals surface area (Å²) in [5.41, 5.74) is 0. The van der Waals surface area contributed by atoms with Crippen LogP contribution in [0.4, 0.5) is 4.79 Å². The van der Waals surface area contributed by atoms with E-state index in [2.05, 4.69) is 5.32 Å². The molecule has 0 aliphatic carbocycles. The number of nitrogens with one attached hydrogen (secondary N) is 1. The summed E-state index contributed by atoms with van der Waals surface area (Å²) in [4.78, 5) is 25.0. The first-order valence-corrected chi connectivity index (χ1v) is 9.84. The highest BCUT2D eigenvalue weighted by atomic mass is 32.2. The number of amides is 2. The van der Waals surface area contributed by atoms with Crippen LogP contribution in [0, 0.1) is 0 Å². The first kappa shape index (κ1) is 16.4. The third-order valence-electron chi connectivity index (χ3n) is 3.84. The minimum atomic E-state index is -2.97. The largest absolute Gasteiger partial charge is 0.480 e. The lowest BCUT2D eigenvalue weighted by Gasteiger charge is -2.30. The highest BCUT2D eigenvalue weighted by Crippen LogP contribution is 2.31. The second-order valence-electron chi connectivity index (χ2n) is 5.33. The SMILES string of the molecule is CCC1SCC(C(=O)O)N1C(=O)NC1CCS(=O)(=O)CC1. The maximum Gasteiger partial charge on any atom is 0.327 e. The van der Waals surface area contributed by atoms with Crippen LogP contribution in [0.15, 0.2) is 0 Å². The van der Waals surface area contributed by atoms with Gasteiger partial charge in [-0.15, -0.1) is 11.8 Å². The van der Waals surface area contributed by atoms with Crippen molar-refractivity contribution < 1.29 is 23.1 Å². The van der Waals surface area contributed by atoms with Crippen LogP contribution in [0.2, 0.25) is 0 Å². The quantitative estimate of drug-likeness (QED) is 0.778. The summed E-state index contributed by atoms with van der Waals surface area (Å²) in [6.07, 6.45) is 1.47. The number of carbonyl (C=O) groups excluding carboxylic acids is 1. The Labute approximate surface area is 128 Å². The van der Waals surface area contributed by atoms with E-state index in [0.717, 1.165) is 0 Å². The number of aliphatic carboxylic acids is 1. The van der Waals surface area contributed by atoms with E-state index in [-0.39, 0.29) is 22.9 Å². The summed E-state index contributed by atoms with van der Waals surface area (Å²) in [7, 11) is -2.97. The van der Waals surface area contributed by atoms with Crippen LogP contribution in [0.25, 0.3) is 0 Å². The van der Waals surface area contributed by atoms with Gasteiger partial charge in [0, 0.05) is 11.8 Å². The normalized spacial score (nSPS) is 29.3.